The molecule has 2 rings (SSSR count). The van der Waals surface area contributed by atoms with Gasteiger partial charge >= 0.3 is 0 Å². The Bertz CT molecular complexity index is 427. The number of benzene rings is 1. The van der Waals surface area contributed by atoms with Crippen LogP contribution in [-0.4, -0.2) is 11.1 Å². The van der Waals surface area contributed by atoms with Crippen molar-refractivity contribution in [2.45, 2.75) is 18.8 Å². The molecule has 15 heavy (non-hydrogen) atoms. The van der Waals surface area contributed by atoms with Crippen LogP contribution in [0.2, 0.25) is 0 Å². The molecule has 0 saturated carbocycles. The average Bonchev–Trinajstić information content (AvgIpc) is 2.43. The summed E-state index contributed by atoms with van der Waals surface area (Å²) in [6.07, 6.45) is 2.23. The molecule has 1 heterocycles. The van der Waals surface area contributed by atoms with Gasteiger partial charge in [-0.05, 0) is 25.0 Å². The molecular weight excluding hydrogens is 190 g/mol. The van der Waals surface area contributed by atoms with Crippen LogP contribution in [-0.2, 0) is 10.2 Å². The zero-order valence-electron chi connectivity index (χ0n) is 8.60. The number of allylic oxidation sites excluding steroid dienone is 1. The lowest BCUT2D eigenvalue weighted by molar-refractivity contribution is -0.127. The van der Waals surface area contributed by atoms with E-state index in [1.807, 2.05) is 19.1 Å². The fourth-order valence-electron chi connectivity index (χ4n) is 2.07. The Kier molecular flexibility index (Phi) is 2.12. The predicted molar refractivity (Wildman–Crippen MR) is 57.9 cm³/mol. The van der Waals surface area contributed by atoms with Gasteiger partial charge in [-0.2, -0.15) is 5.06 Å². The van der Waals surface area contributed by atoms with Gasteiger partial charge in [0.2, 0.25) is 0 Å². The zero-order valence-corrected chi connectivity index (χ0v) is 8.60. The van der Waals surface area contributed by atoms with Crippen molar-refractivity contribution in [2.24, 2.45) is 0 Å². The summed E-state index contributed by atoms with van der Waals surface area (Å²) < 4.78 is 0. The van der Waals surface area contributed by atoms with Crippen molar-refractivity contribution >= 4 is 11.6 Å². The molecule has 0 saturated heterocycles. The Morgan fingerprint density at radius 1 is 1.53 bits per heavy atom. The first-order valence-corrected chi connectivity index (χ1v) is 4.85. The van der Waals surface area contributed by atoms with Crippen molar-refractivity contribution in [3.8, 4) is 0 Å². The molecule has 3 heteroatoms. The average molecular weight is 203 g/mol. The van der Waals surface area contributed by atoms with Gasteiger partial charge in [0.1, 0.15) is 0 Å². The van der Waals surface area contributed by atoms with E-state index in [9.17, 15) is 10.0 Å². The van der Waals surface area contributed by atoms with Crippen molar-refractivity contribution in [3.05, 3.63) is 42.5 Å². The van der Waals surface area contributed by atoms with E-state index in [4.69, 9.17) is 0 Å². The second-order valence-electron chi connectivity index (χ2n) is 3.96. The summed E-state index contributed by atoms with van der Waals surface area (Å²) in [6.45, 7) is 5.47. The van der Waals surface area contributed by atoms with Crippen LogP contribution < -0.4 is 5.06 Å². The SMILES string of the molecule is C=CCC1(C)C(=O)N(O)c2ccccc21. The molecule has 1 aromatic rings. The molecular formula is C12H13NO2. The summed E-state index contributed by atoms with van der Waals surface area (Å²) >= 11 is 0. The first-order chi connectivity index (χ1) is 7.11. The van der Waals surface area contributed by atoms with Gasteiger partial charge < -0.3 is 0 Å². The van der Waals surface area contributed by atoms with Crippen LogP contribution >= 0.6 is 0 Å². The standard InChI is InChI=1S/C12H13NO2/c1-3-8-12(2)9-6-4-5-7-10(9)13(15)11(12)14/h3-7,15H,1,8H2,2H3. The summed E-state index contributed by atoms with van der Waals surface area (Å²) in [4.78, 5) is 11.9. The zero-order chi connectivity index (χ0) is 11.1. The summed E-state index contributed by atoms with van der Waals surface area (Å²) in [7, 11) is 0. The second kappa shape index (κ2) is 3.21. The largest absolute Gasteiger partial charge is 0.281 e. The number of carbonyl (C=O) groups excluding carboxylic acids is 1. The Hall–Kier alpha value is -1.61. The molecule has 1 aliphatic heterocycles. The number of hydroxylamine groups is 1. The normalized spacial score (nSPS) is 24.1. The van der Waals surface area contributed by atoms with Crippen LogP contribution in [0.15, 0.2) is 36.9 Å². The van der Waals surface area contributed by atoms with Crippen molar-refractivity contribution in [1.82, 2.24) is 0 Å². The van der Waals surface area contributed by atoms with Gasteiger partial charge in [-0.25, -0.2) is 0 Å². The molecule has 0 fully saturated rings. The molecule has 78 valence electrons. The molecule has 1 N–H and O–H groups in total. The van der Waals surface area contributed by atoms with E-state index in [0.29, 0.717) is 12.1 Å². The summed E-state index contributed by atoms with van der Waals surface area (Å²) in [5, 5.41) is 10.4. The van der Waals surface area contributed by atoms with E-state index < -0.39 is 5.41 Å². The van der Waals surface area contributed by atoms with Crippen LogP contribution in [0.1, 0.15) is 18.9 Å². The molecule has 1 amide bonds. The summed E-state index contributed by atoms with van der Waals surface area (Å²) in [5.74, 6) is -0.288. The minimum Gasteiger partial charge on any atom is -0.281 e. The highest BCUT2D eigenvalue weighted by Crippen LogP contribution is 2.42. The van der Waals surface area contributed by atoms with Crippen molar-refractivity contribution in [1.29, 1.82) is 0 Å². The van der Waals surface area contributed by atoms with E-state index in [1.54, 1.807) is 18.2 Å². The molecule has 1 unspecified atom stereocenters. The lowest BCUT2D eigenvalue weighted by atomic mass is 9.81. The molecule has 1 aliphatic rings. The number of hydrogen-bond donors (Lipinski definition) is 1. The molecule has 1 atom stereocenters. The molecule has 1 aromatic carbocycles. The maximum Gasteiger partial charge on any atom is 0.261 e. The van der Waals surface area contributed by atoms with Gasteiger partial charge in [0, 0.05) is 0 Å². The first-order valence-electron chi connectivity index (χ1n) is 4.85. The Morgan fingerprint density at radius 3 is 2.87 bits per heavy atom. The number of hydrogen-bond acceptors (Lipinski definition) is 2. The Labute approximate surface area is 88.6 Å². The monoisotopic (exact) mass is 203 g/mol. The minimum atomic E-state index is -0.674. The van der Waals surface area contributed by atoms with Gasteiger partial charge in [-0.15, -0.1) is 6.58 Å². The number of rotatable bonds is 2. The van der Waals surface area contributed by atoms with E-state index in [1.165, 1.54) is 0 Å². The lowest BCUT2D eigenvalue weighted by Crippen LogP contribution is -2.35. The highest BCUT2D eigenvalue weighted by atomic mass is 16.5. The number of anilines is 1. The predicted octanol–water partition coefficient (Wildman–Crippen LogP) is 2.26. The number of nitrogens with zero attached hydrogens (tertiary/aromatic N) is 1. The van der Waals surface area contributed by atoms with Gasteiger partial charge in [-0.3, -0.25) is 10.0 Å². The summed E-state index contributed by atoms with van der Waals surface area (Å²) in [6, 6.07) is 7.27. The van der Waals surface area contributed by atoms with Gasteiger partial charge in [0.15, 0.2) is 0 Å². The number of para-hydroxylation sites is 1. The fraction of sp³-hybridized carbons (Fsp3) is 0.250. The van der Waals surface area contributed by atoms with Crippen molar-refractivity contribution in [3.63, 3.8) is 0 Å². The summed E-state index contributed by atoms with van der Waals surface area (Å²) in [5.41, 5.74) is 0.761. The van der Waals surface area contributed by atoms with Crippen LogP contribution in [0.3, 0.4) is 0 Å². The van der Waals surface area contributed by atoms with Gasteiger partial charge in [0.25, 0.3) is 5.91 Å². The van der Waals surface area contributed by atoms with E-state index in [0.717, 1.165) is 10.6 Å². The van der Waals surface area contributed by atoms with Gasteiger partial charge in [0.05, 0.1) is 11.1 Å². The molecule has 0 bridgehead atoms. The Balaban J connectivity index is 2.60. The number of amides is 1. The second-order valence-corrected chi connectivity index (χ2v) is 3.96. The van der Waals surface area contributed by atoms with Gasteiger partial charge in [-0.1, -0.05) is 24.3 Å². The lowest BCUT2D eigenvalue weighted by Gasteiger charge is -2.20. The third-order valence-corrected chi connectivity index (χ3v) is 2.94. The van der Waals surface area contributed by atoms with E-state index in [-0.39, 0.29) is 5.91 Å². The quantitative estimate of drug-likeness (QED) is 0.591. The Morgan fingerprint density at radius 2 is 2.20 bits per heavy atom. The minimum absolute atomic E-state index is 0.288. The highest BCUT2D eigenvalue weighted by molar-refractivity contribution is 6.06. The number of carbonyl (C=O) groups is 1. The van der Waals surface area contributed by atoms with Crippen LogP contribution in [0.25, 0.3) is 0 Å². The molecule has 0 radical (unpaired) electrons. The number of fused-ring (bicyclic) bond motifs is 1. The third-order valence-electron chi connectivity index (χ3n) is 2.94. The van der Waals surface area contributed by atoms with E-state index >= 15 is 0 Å². The maximum atomic E-state index is 11.9. The topological polar surface area (TPSA) is 40.5 Å². The molecule has 0 aromatic heterocycles. The molecule has 3 nitrogen and oxygen atoms in total. The highest BCUT2D eigenvalue weighted by Gasteiger charge is 2.46. The van der Waals surface area contributed by atoms with Crippen molar-refractivity contribution < 1.29 is 10.0 Å². The molecule has 0 spiro atoms. The maximum absolute atomic E-state index is 11.9. The molecule has 0 aliphatic carbocycles. The van der Waals surface area contributed by atoms with Crippen LogP contribution in [0.5, 0.6) is 0 Å². The smallest absolute Gasteiger partial charge is 0.261 e. The fourth-order valence-corrected chi connectivity index (χ4v) is 2.07. The first kappa shape index (κ1) is 9.93. The van der Waals surface area contributed by atoms with Crippen LogP contribution in [0, 0.1) is 0 Å². The van der Waals surface area contributed by atoms with Crippen molar-refractivity contribution in [2.75, 3.05) is 5.06 Å². The van der Waals surface area contributed by atoms with E-state index in [2.05, 4.69) is 6.58 Å². The van der Waals surface area contributed by atoms with Crippen LogP contribution in [0.4, 0.5) is 5.69 Å². The third kappa shape index (κ3) is 1.20.